The summed E-state index contributed by atoms with van der Waals surface area (Å²) >= 11 is 7.63. The van der Waals surface area contributed by atoms with Crippen molar-refractivity contribution in [1.29, 1.82) is 0 Å². The van der Waals surface area contributed by atoms with Crippen LogP contribution in [0, 0.1) is 5.41 Å². The standard InChI is InChI=1S/C13H20ClNS/c1-3-13(7-4-8-13)9-15-10(2)11-5-6-12(14)16-11/h5-6,10,15H,3-4,7-9H2,1-2H3. The van der Waals surface area contributed by atoms with E-state index in [0.29, 0.717) is 11.5 Å². The Kier molecular flexibility index (Phi) is 3.93. The minimum absolute atomic E-state index is 0.432. The van der Waals surface area contributed by atoms with Crippen LogP contribution in [0.1, 0.15) is 50.4 Å². The highest BCUT2D eigenvalue weighted by atomic mass is 35.5. The molecule has 90 valence electrons. The third kappa shape index (κ3) is 2.61. The zero-order valence-corrected chi connectivity index (χ0v) is 11.6. The van der Waals surface area contributed by atoms with Crippen molar-refractivity contribution in [1.82, 2.24) is 5.32 Å². The van der Waals surface area contributed by atoms with E-state index in [1.165, 1.54) is 30.6 Å². The van der Waals surface area contributed by atoms with Crippen LogP contribution >= 0.6 is 22.9 Å². The van der Waals surface area contributed by atoms with Crippen molar-refractivity contribution >= 4 is 22.9 Å². The lowest BCUT2D eigenvalue weighted by molar-refractivity contribution is 0.120. The van der Waals surface area contributed by atoms with Crippen LogP contribution in [0.15, 0.2) is 12.1 Å². The minimum Gasteiger partial charge on any atom is -0.309 e. The Morgan fingerprint density at radius 2 is 2.25 bits per heavy atom. The van der Waals surface area contributed by atoms with E-state index in [0.717, 1.165) is 10.9 Å². The summed E-state index contributed by atoms with van der Waals surface area (Å²) in [7, 11) is 0. The molecule has 1 heterocycles. The molecule has 1 aromatic heterocycles. The summed E-state index contributed by atoms with van der Waals surface area (Å²) in [4.78, 5) is 1.34. The lowest BCUT2D eigenvalue weighted by Gasteiger charge is -2.42. The molecule has 1 nitrogen and oxygen atoms in total. The van der Waals surface area contributed by atoms with Gasteiger partial charge in [-0.1, -0.05) is 24.9 Å². The molecule has 1 atom stereocenters. The van der Waals surface area contributed by atoms with Gasteiger partial charge in [0.2, 0.25) is 0 Å². The molecule has 1 aromatic rings. The molecule has 0 bridgehead atoms. The number of halogens is 1. The van der Waals surface area contributed by atoms with Gasteiger partial charge >= 0.3 is 0 Å². The molecule has 0 aliphatic heterocycles. The van der Waals surface area contributed by atoms with Crippen molar-refractivity contribution in [2.75, 3.05) is 6.54 Å². The third-order valence-electron chi connectivity index (χ3n) is 3.97. The molecule has 1 saturated carbocycles. The highest BCUT2D eigenvalue weighted by Gasteiger charge is 2.34. The molecular formula is C13H20ClNS. The largest absolute Gasteiger partial charge is 0.309 e. The molecule has 0 aromatic carbocycles. The molecule has 1 N–H and O–H groups in total. The first-order valence-electron chi connectivity index (χ1n) is 6.14. The first kappa shape index (κ1) is 12.4. The number of thiophene rings is 1. The fraction of sp³-hybridized carbons (Fsp3) is 0.692. The average molecular weight is 258 g/mol. The molecule has 0 spiro atoms. The van der Waals surface area contributed by atoms with Gasteiger partial charge in [-0.25, -0.2) is 0 Å². The Hall–Kier alpha value is -0.0500. The Balaban J connectivity index is 1.86. The molecule has 0 amide bonds. The summed E-state index contributed by atoms with van der Waals surface area (Å²) in [5, 5.41) is 3.66. The Labute approximate surface area is 107 Å². The molecule has 2 rings (SSSR count). The summed E-state index contributed by atoms with van der Waals surface area (Å²) in [5.41, 5.74) is 0.593. The van der Waals surface area contributed by atoms with Gasteiger partial charge in [-0.2, -0.15) is 0 Å². The Morgan fingerprint density at radius 1 is 1.50 bits per heavy atom. The highest BCUT2D eigenvalue weighted by Crippen LogP contribution is 2.43. The van der Waals surface area contributed by atoms with Crippen LogP contribution < -0.4 is 5.32 Å². The maximum atomic E-state index is 5.95. The Morgan fingerprint density at radius 3 is 2.69 bits per heavy atom. The van der Waals surface area contributed by atoms with E-state index >= 15 is 0 Å². The van der Waals surface area contributed by atoms with Gasteiger partial charge in [0.15, 0.2) is 0 Å². The second kappa shape index (κ2) is 5.07. The maximum Gasteiger partial charge on any atom is 0.0931 e. The lowest BCUT2D eigenvalue weighted by Crippen LogP contribution is -2.40. The molecule has 3 heteroatoms. The van der Waals surface area contributed by atoms with Crippen LogP contribution in [0.2, 0.25) is 4.34 Å². The SMILES string of the molecule is CCC1(CNC(C)c2ccc(Cl)s2)CCC1. The van der Waals surface area contributed by atoms with E-state index in [1.54, 1.807) is 11.3 Å². The van der Waals surface area contributed by atoms with Crippen molar-refractivity contribution < 1.29 is 0 Å². The zero-order valence-electron chi connectivity index (χ0n) is 10.1. The minimum atomic E-state index is 0.432. The predicted octanol–water partition coefficient (Wildman–Crippen LogP) is 4.63. The smallest absolute Gasteiger partial charge is 0.0931 e. The van der Waals surface area contributed by atoms with Crippen LogP contribution in [-0.4, -0.2) is 6.54 Å². The van der Waals surface area contributed by atoms with E-state index in [-0.39, 0.29) is 0 Å². The average Bonchev–Trinajstić information content (AvgIpc) is 2.64. The van der Waals surface area contributed by atoms with Crippen molar-refractivity contribution in [2.45, 2.75) is 45.6 Å². The van der Waals surface area contributed by atoms with E-state index in [9.17, 15) is 0 Å². The number of hydrogen-bond acceptors (Lipinski definition) is 2. The Bertz CT molecular complexity index is 338. The zero-order chi connectivity index (χ0) is 11.6. The molecule has 1 unspecified atom stereocenters. The second-order valence-electron chi connectivity index (χ2n) is 4.95. The number of hydrogen-bond donors (Lipinski definition) is 1. The number of rotatable bonds is 5. The lowest BCUT2D eigenvalue weighted by atomic mass is 9.67. The van der Waals surface area contributed by atoms with Crippen molar-refractivity contribution in [3.05, 3.63) is 21.3 Å². The number of nitrogens with one attached hydrogen (secondary N) is 1. The van der Waals surface area contributed by atoms with E-state index < -0.39 is 0 Å². The fourth-order valence-electron chi connectivity index (χ4n) is 2.36. The van der Waals surface area contributed by atoms with Crippen LogP contribution in [0.4, 0.5) is 0 Å². The summed E-state index contributed by atoms with van der Waals surface area (Å²) in [5.74, 6) is 0. The van der Waals surface area contributed by atoms with E-state index in [4.69, 9.17) is 11.6 Å². The van der Waals surface area contributed by atoms with Gasteiger partial charge in [-0.15, -0.1) is 11.3 Å². The van der Waals surface area contributed by atoms with Gasteiger partial charge in [0, 0.05) is 17.5 Å². The summed E-state index contributed by atoms with van der Waals surface area (Å²) < 4.78 is 0.887. The second-order valence-corrected chi connectivity index (χ2v) is 6.70. The van der Waals surface area contributed by atoms with Crippen molar-refractivity contribution in [2.24, 2.45) is 5.41 Å². The predicted molar refractivity (Wildman–Crippen MR) is 72.3 cm³/mol. The fourth-order valence-corrected chi connectivity index (χ4v) is 3.45. The summed E-state index contributed by atoms with van der Waals surface area (Å²) in [6.07, 6.45) is 5.51. The third-order valence-corrected chi connectivity index (χ3v) is 5.38. The highest BCUT2D eigenvalue weighted by molar-refractivity contribution is 7.16. The maximum absolute atomic E-state index is 5.95. The monoisotopic (exact) mass is 257 g/mol. The van der Waals surface area contributed by atoms with Gasteiger partial charge < -0.3 is 5.32 Å². The van der Waals surface area contributed by atoms with Gasteiger partial charge in [-0.05, 0) is 43.7 Å². The van der Waals surface area contributed by atoms with Crippen molar-refractivity contribution in [3.63, 3.8) is 0 Å². The topological polar surface area (TPSA) is 12.0 Å². The summed E-state index contributed by atoms with van der Waals surface area (Å²) in [6.45, 7) is 5.69. The quantitative estimate of drug-likeness (QED) is 0.811. The van der Waals surface area contributed by atoms with Gasteiger partial charge in [-0.3, -0.25) is 0 Å². The van der Waals surface area contributed by atoms with Crippen LogP contribution in [0.5, 0.6) is 0 Å². The summed E-state index contributed by atoms with van der Waals surface area (Å²) in [6, 6.07) is 4.55. The van der Waals surface area contributed by atoms with Crippen LogP contribution in [0.3, 0.4) is 0 Å². The van der Waals surface area contributed by atoms with Gasteiger partial charge in [0.05, 0.1) is 4.34 Å². The molecule has 0 radical (unpaired) electrons. The van der Waals surface area contributed by atoms with Crippen molar-refractivity contribution in [3.8, 4) is 0 Å². The molecule has 1 aliphatic carbocycles. The molecular weight excluding hydrogens is 238 g/mol. The van der Waals surface area contributed by atoms with Gasteiger partial charge in [0.25, 0.3) is 0 Å². The first-order chi connectivity index (χ1) is 7.65. The molecule has 16 heavy (non-hydrogen) atoms. The van der Waals surface area contributed by atoms with Crippen LogP contribution in [-0.2, 0) is 0 Å². The molecule has 0 saturated heterocycles. The van der Waals surface area contributed by atoms with Gasteiger partial charge in [0.1, 0.15) is 0 Å². The van der Waals surface area contributed by atoms with Crippen LogP contribution in [0.25, 0.3) is 0 Å². The first-order valence-corrected chi connectivity index (χ1v) is 7.33. The molecule has 1 aliphatic rings. The van der Waals surface area contributed by atoms with E-state index in [1.807, 2.05) is 6.07 Å². The molecule has 1 fully saturated rings. The van der Waals surface area contributed by atoms with E-state index in [2.05, 4.69) is 25.2 Å². The normalized spacial score (nSPS) is 20.4.